The van der Waals surface area contributed by atoms with E-state index in [1.165, 1.54) is 18.2 Å². The number of hydrogen-bond donors (Lipinski definition) is 3. The first-order chi connectivity index (χ1) is 8.32. The number of amides is 1. The Morgan fingerprint density at radius 1 is 1.28 bits per heavy atom. The van der Waals surface area contributed by atoms with Crippen molar-refractivity contribution < 1.29 is 14.7 Å². The number of anilines is 2. The van der Waals surface area contributed by atoms with Crippen molar-refractivity contribution in [3.8, 4) is 0 Å². The minimum atomic E-state index is -1.05. The fraction of sp³-hybridized carbons (Fsp3) is 0.385. The first-order valence-corrected chi connectivity index (χ1v) is 5.76. The molecule has 0 fully saturated rings. The van der Waals surface area contributed by atoms with Gasteiger partial charge in [-0.1, -0.05) is 20.8 Å². The predicted molar refractivity (Wildman–Crippen MR) is 70.4 cm³/mol. The molecule has 0 saturated carbocycles. The Hall–Kier alpha value is -2.04. The molecule has 0 aliphatic carbocycles. The van der Waals surface area contributed by atoms with Gasteiger partial charge in [0, 0.05) is 5.92 Å². The highest BCUT2D eigenvalue weighted by atomic mass is 16.4. The van der Waals surface area contributed by atoms with E-state index in [1.54, 1.807) is 0 Å². The zero-order chi connectivity index (χ0) is 13.9. The van der Waals surface area contributed by atoms with Crippen LogP contribution in [-0.4, -0.2) is 17.0 Å². The molecule has 4 N–H and O–H groups in total. The van der Waals surface area contributed by atoms with E-state index in [0.717, 1.165) is 0 Å². The third-order valence-corrected chi connectivity index (χ3v) is 2.97. The van der Waals surface area contributed by atoms with Gasteiger partial charge in [-0.2, -0.15) is 0 Å². The average Bonchev–Trinajstić information content (AvgIpc) is 2.30. The SMILES string of the molecule is CC(C)C(C)C(=O)Nc1ccc(C(=O)O)cc1N. The van der Waals surface area contributed by atoms with Gasteiger partial charge in [-0.25, -0.2) is 4.79 Å². The fourth-order valence-corrected chi connectivity index (χ4v) is 1.36. The molecule has 18 heavy (non-hydrogen) atoms. The van der Waals surface area contributed by atoms with E-state index in [9.17, 15) is 9.59 Å². The molecular formula is C13H18N2O3. The highest BCUT2D eigenvalue weighted by Gasteiger charge is 2.17. The fourth-order valence-electron chi connectivity index (χ4n) is 1.36. The third-order valence-electron chi connectivity index (χ3n) is 2.97. The molecule has 1 rings (SSSR count). The van der Waals surface area contributed by atoms with Crippen LogP contribution in [0.5, 0.6) is 0 Å². The maximum atomic E-state index is 11.8. The molecule has 1 aromatic rings. The van der Waals surface area contributed by atoms with Gasteiger partial charge in [0.25, 0.3) is 0 Å². The minimum absolute atomic E-state index is 0.0995. The van der Waals surface area contributed by atoms with Crippen molar-refractivity contribution in [3.05, 3.63) is 23.8 Å². The van der Waals surface area contributed by atoms with Crippen molar-refractivity contribution in [2.45, 2.75) is 20.8 Å². The zero-order valence-electron chi connectivity index (χ0n) is 10.7. The molecule has 1 amide bonds. The van der Waals surface area contributed by atoms with Crippen LogP contribution in [0.4, 0.5) is 11.4 Å². The molecule has 98 valence electrons. The summed E-state index contributed by atoms with van der Waals surface area (Å²) in [5.41, 5.74) is 6.50. The van der Waals surface area contributed by atoms with Crippen molar-refractivity contribution >= 4 is 23.3 Å². The second-order valence-electron chi connectivity index (χ2n) is 4.63. The number of rotatable bonds is 4. The molecule has 0 spiro atoms. The van der Waals surface area contributed by atoms with Gasteiger partial charge < -0.3 is 16.2 Å². The highest BCUT2D eigenvalue weighted by Crippen LogP contribution is 2.21. The summed E-state index contributed by atoms with van der Waals surface area (Å²) in [6.45, 7) is 5.75. The number of hydrogen-bond acceptors (Lipinski definition) is 3. The Labute approximate surface area is 106 Å². The minimum Gasteiger partial charge on any atom is -0.478 e. The lowest BCUT2D eigenvalue weighted by Gasteiger charge is -2.16. The smallest absolute Gasteiger partial charge is 0.335 e. The monoisotopic (exact) mass is 250 g/mol. The maximum absolute atomic E-state index is 11.8. The number of carbonyl (C=O) groups is 2. The summed E-state index contributed by atoms with van der Waals surface area (Å²) in [7, 11) is 0. The van der Waals surface area contributed by atoms with Crippen LogP contribution in [0.2, 0.25) is 0 Å². The Balaban J connectivity index is 2.86. The average molecular weight is 250 g/mol. The molecule has 5 nitrogen and oxygen atoms in total. The Bertz CT molecular complexity index is 469. The quantitative estimate of drug-likeness (QED) is 0.714. The van der Waals surface area contributed by atoms with Crippen molar-refractivity contribution in [3.63, 3.8) is 0 Å². The Morgan fingerprint density at radius 3 is 2.33 bits per heavy atom. The number of benzene rings is 1. The Morgan fingerprint density at radius 2 is 1.89 bits per heavy atom. The summed E-state index contributed by atoms with van der Waals surface area (Å²) < 4.78 is 0. The van der Waals surface area contributed by atoms with E-state index in [0.29, 0.717) is 5.69 Å². The van der Waals surface area contributed by atoms with E-state index >= 15 is 0 Å². The summed E-state index contributed by atoms with van der Waals surface area (Å²) in [5, 5.41) is 11.5. The van der Waals surface area contributed by atoms with Crippen LogP contribution in [0.3, 0.4) is 0 Å². The standard InChI is InChI=1S/C13H18N2O3/c1-7(2)8(3)12(16)15-11-5-4-9(13(17)18)6-10(11)14/h4-8H,14H2,1-3H3,(H,15,16)(H,17,18). The zero-order valence-corrected chi connectivity index (χ0v) is 10.7. The van der Waals surface area contributed by atoms with Gasteiger partial charge in [0.05, 0.1) is 16.9 Å². The highest BCUT2D eigenvalue weighted by molar-refractivity contribution is 5.97. The number of carboxylic acids is 1. The second kappa shape index (κ2) is 5.53. The van der Waals surface area contributed by atoms with E-state index in [2.05, 4.69) is 5.32 Å². The van der Waals surface area contributed by atoms with Crippen molar-refractivity contribution in [1.29, 1.82) is 0 Å². The van der Waals surface area contributed by atoms with E-state index in [4.69, 9.17) is 10.8 Å². The molecule has 0 aromatic heterocycles. The molecule has 1 aromatic carbocycles. The van der Waals surface area contributed by atoms with Crippen LogP contribution < -0.4 is 11.1 Å². The van der Waals surface area contributed by atoms with E-state index < -0.39 is 5.97 Å². The van der Waals surface area contributed by atoms with Gasteiger partial charge in [0.1, 0.15) is 0 Å². The van der Waals surface area contributed by atoms with Gasteiger partial charge in [-0.05, 0) is 24.1 Å². The number of nitrogens with two attached hydrogens (primary N) is 1. The molecular weight excluding hydrogens is 232 g/mol. The number of aromatic carboxylic acids is 1. The summed E-state index contributed by atoms with van der Waals surface area (Å²) >= 11 is 0. The van der Waals surface area contributed by atoms with Crippen LogP contribution in [-0.2, 0) is 4.79 Å². The van der Waals surface area contributed by atoms with Crippen LogP contribution in [0.15, 0.2) is 18.2 Å². The normalized spacial score (nSPS) is 12.2. The van der Waals surface area contributed by atoms with Crippen molar-refractivity contribution in [2.24, 2.45) is 11.8 Å². The van der Waals surface area contributed by atoms with Gasteiger partial charge in [-0.3, -0.25) is 4.79 Å². The van der Waals surface area contributed by atoms with E-state index in [1.807, 2.05) is 20.8 Å². The molecule has 5 heteroatoms. The van der Waals surface area contributed by atoms with Crippen LogP contribution >= 0.6 is 0 Å². The first kappa shape index (κ1) is 14.0. The molecule has 0 heterocycles. The molecule has 1 atom stereocenters. The van der Waals surface area contributed by atoms with Gasteiger partial charge in [-0.15, -0.1) is 0 Å². The third kappa shape index (κ3) is 3.23. The topological polar surface area (TPSA) is 92.4 Å². The lowest BCUT2D eigenvalue weighted by Crippen LogP contribution is -2.24. The molecule has 0 aliphatic heterocycles. The number of carboxylic acid groups (broad SMARTS) is 1. The molecule has 0 saturated heterocycles. The lowest BCUT2D eigenvalue weighted by atomic mass is 9.97. The van der Waals surface area contributed by atoms with Crippen LogP contribution in [0, 0.1) is 11.8 Å². The van der Waals surface area contributed by atoms with Gasteiger partial charge in [0.2, 0.25) is 5.91 Å². The van der Waals surface area contributed by atoms with Gasteiger partial charge in [0.15, 0.2) is 0 Å². The molecule has 0 radical (unpaired) electrons. The number of nitrogens with one attached hydrogen (secondary N) is 1. The van der Waals surface area contributed by atoms with Gasteiger partial charge >= 0.3 is 5.97 Å². The largest absolute Gasteiger partial charge is 0.478 e. The lowest BCUT2D eigenvalue weighted by molar-refractivity contribution is -0.120. The maximum Gasteiger partial charge on any atom is 0.335 e. The molecule has 0 aliphatic rings. The van der Waals surface area contributed by atoms with Crippen LogP contribution in [0.1, 0.15) is 31.1 Å². The van der Waals surface area contributed by atoms with Crippen LogP contribution in [0.25, 0.3) is 0 Å². The summed E-state index contributed by atoms with van der Waals surface area (Å²) in [5.74, 6) is -1.08. The Kier molecular flexibility index (Phi) is 4.31. The van der Waals surface area contributed by atoms with Crippen molar-refractivity contribution in [2.75, 3.05) is 11.1 Å². The summed E-state index contributed by atoms with van der Waals surface area (Å²) in [6, 6.07) is 4.25. The molecule has 1 unspecified atom stereocenters. The second-order valence-corrected chi connectivity index (χ2v) is 4.63. The molecule has 0 bridgehead atoms. The number of carbonyl (C=O) groups excluding carboxylic acids is 1. The number of nitrogen functional groups attached to an aromatic ring is 1. The van der Waals surface area contributed by atoms with Crippen molar-refractivity contribution in [1.82, 2.24) is 0 Å². The van der Waals surface area contributed by atoms with E-state index in [-0.39, 0.29) is 29.0 Å². The summed E-state index contributed by atoms with van der Waals surface area (Å²) in [6.07, 6.45) is 0. The summed E-state index contributed by atoms with van der Waals surface area (Å²) in [4.78, 5) is 22.6. The first-order valence-electron chi connectivity index (χ1n) is 5.76. The predicted octanol–water partition coefficient (Wildman–Crippen LogP) is 2.20.